The van der Waals surface area contributed by atoms with Gasteiger partial charge in [-0.15, -0.1) is 0 Å². The molecule has 0 spiro atoms. The normalized spacial score (nSPS) is 18.3. The number of pyridine rings is 1. The minimum absolute atomic E-state index is 0.0177. The van der Waals surface area contributed by atoms with Crippen molar-refractivity contribution in [2.24, 2.45) is 0 Å². The molecule has 154 valence electrons. The molecular weight excluding hydrogens is 403 g/mol. The number of esters is 1. The van der Waals surface area contributed by atoms with Crippen molar-refractivity contribution < 1.29 is 13.9 Å². The van der Waals surface area contributed by atoms with Crippen LogP contribution in [0.4, 0.5) is 4.39 Å². The van der Waals surface area contributed by atoms with E-state index in [9.17, 15) is 9.18 Å². The van der Waals surface area contributed by atoms with Gasteiger partial charge in [-0.05, 0) is 55.5 Å². The fourth-order valence-electron chi connectivity index (χ4n) is 3.74. The second-order valence-corrected chi connectivity index (χ2v) is 7.20. The third kappa shape index (κ3) is 3.78. The highest BCUT2D eigenvalue weighted by molar-refractivity contribution is 7.80. The summed E-state index contributed by atoms with van der Waals surface area (Å²) in [5, 5.41) is 3.70. The zero-order valence-electron chi connectivity index (χ0n) is 16.4. The predicted molar refractivity (Wildman–Crippen MR) is 115 cm³/mol. The first-order valence-electron chi connectivity index (χ1n) is 9.66. The van der Waals surface area contributed by atoms with Crippen molar-refractivity contribution in [3.8, 4) is 5.69 Å². The molecule has 2 aromatic heterocycles. The Morgan fingerprint density at radius 2 is 2.00 bits per heavy atom. The van der Waals surface area contributed by atoms with Gasteiger partial charge in [-0.1, -0.05) is 18.2 Å². The molecule has 6 nitrogen and oxygen atoms in total. The summed E-state index contributed by atoms with van der Waals surface area (Å²) < 4.78 is 21.5. The Kier molecular flexibility index (Phi) is 5.76. The van der Waals surface area contributed by atoms with Crippen molar-refractivity contribution in [2.75, 3.05) is 13.2 Å². The highest BCUT2D eigenvalue weighted by atomic mass is 32.1. The third-order valence-electron chi connectivity index (χ3n) is 5.00. The van der Waals surface area contributed by atoms with Crippen LogP contribution in [0.5, 0.6) is 0 Å². The molecule has 0 bridgehead atoms. The van der Waals surface area contributed by atoms with E-state index >= 15 is 0 Å². The Balaban J connectivity index is 1.80. The Labute approximate surface area is 179 Å². The van der Waals surface area contributed by atoms with Crippen molar-refractivity contribution in [2.45, 2.75) is 19.0 Å². The molecule has 30 heavy (non-hydrogen) atoms. The van der Waals surface area contributed by atoms with Crippen molar-refractivity contribution >= 4 is 23.3 Å². The van der Waals surface area contributed by atoms with Crippen LogP contribution in [-0.2, 0) is 9.53 Å². The summed E-state index contributed by atoms with van der Waals surface area (Å²) in [6.45, 7) is 2.03. The van der Waals surface area contributed by atoms with Gasteiger partial charge in [0.15, 0.2) is 5.11 Å². The second kappa shape index (κ2) is 8.62. The second-order valence-electron chi connectivity index (χ2n) is 6.81. The molecule has 2 atom stereocenters. The van der Waals surface area contributed by atoms with E-state index in [1.165, 1.54) is 6.07 Å². The highest BCUT2D eigenvalue weighted by Crippen LogP contribution is 2.39. The monoisotopic (exact) mass is 424 g/mol. The molecule has 1 fully saturated rings. The van der Waals surface area contributed by atoms with Gasteiger partial charge in [0.1, 0.15) is 12.4 Å². The van der Waals surface area contributed by atoms with E-state index in [0.717, 1.165) is 11.4 Å². The number of aromatic nitrogens is 2. The maximum atomic E-state index is 14.6. The average Bonchev–Trinajstić information content (AvgIpc) is 3.34. The van der Waals surface area contributed by atoms with E-state index in [-0.39, 0.29) is 37.0 Å². The van der Waals surface area contributed by atoms with Crippen LogP contribution < -0.4 is 5.32 Å². The van der Waals surface area contributed by atoms with Gasteiger partial charge in [0.2, 0.25) is 0 Å². The Bertz CT molecular complexity index is 1060. The summed E-state index contributed by atoms with van der Waals surface area (Å²) in [5.74, 6) is -0.716. The van der Waals surface area contributed by atoms with E-state index in [4.69, 9.17) is 17.0 Å². The molecule has 8 heteroatoms. The summed E-state index contributed by atoms with van der Waals surface area (Å²) in [5.41, 5.74) is 1.98. The SMILES string of the molecule is CCOC(=O)CN1C(=S)N[C@@H](c2ccccn2)[C@H]1c1cccn1-c1ccccc1F. The van der Waals surface area contributed by atoms with Crippen molar-refractivity contribution in [3.63, 3.8) is 0 Å². The Hall–Kier alpha value is -3.26. The van der Waals surface area contributed by atoms with Crippen molar-refractivity contribution in [1.82, 2.24) is 19.8 Å². The van der Waals surface area contributed by atoms with Crippen LogP contribution in [0.25, 0.3) is 5.69 Å². The van der Waals surface area contributed by atoms with Crippen molar-refractivity contribution in [3.05, 3.63) is 84.2 Å². The number of ether oxygens (including phenoxy) is 1. The summed E-state index contributed by atoms with van der Waals surface area (Å²) in [6.07, 6.45) is 3.51. The summed E-state index contributed by atoms with van der Waals surface area (Å²) in [6, 6.07) is 15.3. The molecule has 3 aromatic rings. The zero-order valence-corrected chi connectivity index (χ0v) is 17.2. The third-order valence-corrected chi connectivity index (χ3v) is 5.35. The van der Waals surface area contributed by atoms with Gasteiger partial charge in [-0.3, -0.25) is 9.78 Å². The summed E-state index contributed by atoms with van der Waals surface area (Å²) in [4.78, 5) is 18.5. The van der Waals surface area contributed by atoms with Gasteiger partial charge < -0.3 is 19.5 Å². The highest BCUT2D eigenvalue weighted by Gasteiger charge is 2.42. The molecule has 0 unspecified atom stereocenters. The van der Waals surface area contributed by atoms with Crippen LogP contribution in [0.15, 0.2) is 67.0 Å². The van der Waals surface area contributed by atoms with Crippen LogP contribution in [0.2, 0.25) is 0 Å². The molecule has 1 aliphatic rings. The van der Waals surface area contributed by atoms with Gasteiger partial charge >= 0.3 is 5.97 Å². The van der Waals surface area contributed by atoms with Gasteiger partial charge in [0.05, 0.1) is 30.1 Å². The number of nitrogens with one attached hydrogen (secondary N) is 1. The lowest BCUT2D eigenvalue weighted by atomic mass is 10.0. The van der Waals surface area contributed by atoms with Crippen molar-refractivity contribution in [1.29, 1.82) is 0 Å². The molecule has 1 N–H and O–H groups in total. The standard InChI is InChI=1S/C22H21FN4O2S/c1-2-29-19(28)14-27-21(20(25-22(27)30)16-9-5-6-12-24-16)18-11-7-13-26(18)17-10-4-3-8-15(17)23/h3-13,20-21H,2,14H2,1H3,(H,25,30)/t20-,21+/m0/s1. The average molecular weight is 425 g/mol. The number of nitrogens with zero attached hydrogens (tertiary/aromatic N) is 3. The number of hydrogen-bond donors (Lipinski definition) is 1. The summed E-state index contributed by atoms with van der Waals surface area (Å²) in [7, 11) is 0. The number of thiocarbonyl (C=S) groups is 1. The molecule has 4 rings (SSSR count). The van der Waals surface area contributed by atoms with Gasteiger partial charge in [0, 0.05) is 18.1 Å². The number of para-hydroxylation sites is 1. The van der Waals surface area contributed by atoms with Gasteiger partial charge in [-0.25, -0.2) is 4.39 Å². The van der Waals surface area contributed by atoms with E-state index < -0.39 is 0 Å². The lowest BCUT2D eigenvalue weighted by Crippen LogP contribution is -2.36. The largest absolute Gasteiger partial charge is 0.465 e. The molecule has 1 aliphatic heterocycles. The molecule has 0 aliphatic carbocycles. The van der Waals surface area contributed by atoms with E-state index in [0.29, 0.717) is 10.8 Å². The number of halogens is 1. The lowest BCUT2D eigenvalue weighted by molar-refractivity contribution is -0.143. The zero-order chi connectivity index (χ0) is 21.1. The number of rotatable bonds is 6. The number of benzene rings is 1. The minimum atomic E-state index is -0.383. The van der Waals surface area contributed by atoms with Gasteiger partial charge in [-0.2, -0.15) is 0 Å². The van der Waals surface area contributed by atoms with Crippen LogP contribution in [0.3, 0.4) is 0 Å². The molecule has 3 heterocycles. The van der Waals surface area contributed by atoms with Gasteiger partial charge in [0.25, 0.3) is 0 Å². The minimum Gasteiger partial charge on any atom is -0.465 e. The van der Waals surface area contributed by atoms with E-state index in [1.807, 2.05) is 30.3 Å². The Morgan fingerprint density at radius 1 is 1.20 bits per heavy atom. The Morgan fingerprint density at radius 3 is 2.73 bits per heavy atom. The maximum Gasteiger partial charge on any atom is 0.325 e. The lowest BCUT2D eigenvalue weighted by Gasteiger charge is -2.28. The van der Waals surface area contributed by atoms with E-state index in [2.05, 4.69) is 10.3 Å². The quantitative estimate of drug-likeness (QED) is 0.483. The fraction of sp³-hybridized carbons (Fsp3) is 0.227. The smallest absolute Gasteiger partial charge is 0.325 e. The molecule has 0 radical (unpaired) electrons. The molecule has 1 aromatic carbocycles. The number of carbonyl (C=O) groups excluding carboxylic acids is 1. The molecule has 0 saturated carbocycles. The first kappa shape index (κ1) is 20.0. The van der Waals surface area contributed by atoms with E-state index in [1.54, 1.807) is 47.0 Å². The molecule has 1 saturated heterocycles. The first-order valence-corrected chi connectivity index (χ1v) is 10.1. The fourth-order valence-corrected chi connectivity index (χ4v) is 4.05. The predicted octanol–water partition coefficient (Wildman–Crippen LogP) is 3.55. The van der Waals surface area contributed by atoms with Crippen LogP contribution in [0.1, 0.15) is 30.4 Å². The van der Waals surface area contributed by atoms with Crippen LogP contribution in [-0.4, -0.2) is 38.7 Å². The number of carbonyl (C=O) groups is 1. The summed E-state index contributed by atoms with van der Waals surface area (Å²) >= 11 is 5.55. The number of hydrogen-bond acceptors (Lipinski definition) is 4. The van der Waals surface area contributed by atoms with Crippen LogP contribution >= 0.6 is 12.2 Å². The topological polar surface area (TPSA) is 59.4 Å². The van der Waals surface area contributed by atoms with Crippen LogP contribution in [0, 0.1) is 5.82 Å². The first-order chi connectivity index (χ1) is 14.6. The molecule has 0 amide bonds. The molecular formula is C22H21FN4O2S. The maximum absolute atomic E-state index is 14.6.